The molecule has 1 saturated heterocycles. The molecule has 0 aliphatic carbocycles. The van der Waals surface area contributed by atoms with Crippen molar-refractivity contribution in [1.29, 1.82) is 10.5 Å². The molecule has 4 heteroatoms. The van der Waals surface area contributed by atoms with E-state index in [1.807, 2.05) is 30.3 Å². The average molecular weight is 253 g/mol. The monoisotopic (exact) mass is 253 g/mol. The number of nitrogens with zero attached hydrogens (tertiary/aromatic N) is 3. The zero-order chi connectivity index (χ0) is 13.7. The highest BCUT2D eigenvalue weighted by atomic mass is 16.5. The first-order valence-electron chi connectivity index (χ1n) is 6.23. The minimum absolute atomic E-state index is 0.0935. The Bertz CT molecular complexity index is 556. The number of hydrogen-bond acceptors (Lipinski definition) is 4. The molecule has 0 amide bonds. The van der Waals surface area contributed by atoms with Gasteiger partial charge in [-0.2, -0.15) is 10.5 Å². The fraction of sp³-hybridized carbons (Fsp3) is 0.333. The maximum absolute atomic E-state index is 8.76. The van der Waals surface area contributed by atoms with E-state index in [2.05, 4.69) is 4.90 Å². The lowest BCUT2D eigenvalue weighted by molar-refractivity contribution is 0.415. The summed E-state index contributed by atoms with van der Waals surface area (Å²) >= 11 is 0. The topological polar surface area (TPSA) is 60.0 Å². The minimum atomic E-state index is 0.0935. The number of nitriles is 2. The molecule has 0 unspecified atom stereocenters. The van der Waals surface area contributed by atoms with E-state index >= 15 is 0 Å². The summed E-state index contributed by atoms with van der Waals surface area (Å²) in [5, 5.41) is 17.5. The Morgan fingerprint density at radius 1 is 1.26 bits per heavy atom. The van der Waals surface area contributed by atoms with Gasteiger partial charge < -0.3 is 9.64 Å². The van der Waals surface area contributed by atoms with Gasteiger partial charge in [-0.15, -0.1) is 0 Å². The summed E-state index contributed by atoms with van der Waals surface area (Å²) in [5.41, 5.74) is 1.97. The number of ether oxygens (including phenoxy) is 1. The third-order valence-electron chi connectivity index (χ3n) is 3.20. The molecule has 0 radical (unpaired) electrons. The summed E-state index contributed by atoms with van der Waals surface area (Å²) in [5.74, 6) is 0.783. The first-order chi connectivity index (χ1) is 9.28. The Morgan fingerprint density at radius 2 is 1.95 bits per heavy atom. The Labute approximate surface area is 113 Å². The van der Waals surface area contributed by atoms with Gasteiger partial charge in [-0.1, -0.05) is 6.07 Å². The predicted molar refractivity (Wildman–Crippen MR) is 73.6 cm³/mol. The smallest absolute Gasteiger partial charge is 0.142 e. The van der Waals surface area contributed by atoms with Crippen LogP contribution in [0, 0.1) is 22.7 Å². The zero-order valence-electron chi connectivity index (χ0n) is 10.9. The first-order valence-corrected chi connectivity index (χ1v) is 6.23. The minimum Gasteiger partial charge on any atom is -0.495 e. The van der Waals surface area contributed by atoms with Crippen LogP contribution in [0.2, 0.25) is 0 Å². The Balaban J connectivity index is 2.34. The normalized spacial score (nSPS) is 13.5. The molecule has 0 N–H and O–H groups in total. The van der Waals surface area contributed by atoms with E-state index in [0.29, 0.717) is 0 Å². The fourth-order valence-corrected chi connectivity index (χ4v) is 2.26. The number of anilines is 1. The summed E-state index contributed by atoms with van der Waals surface area (Å²) in [7, 11) is 1.64. The molecule has 0 spiro atoms. The van der Waals surface area contributed by atoms with E-state index in [1.54, 1.807) is 13.2 Å². The van der Waals surface area contributed by atoms with E-state index in [0.717, 1.165) is 30.1 Å². The number of rotatable bonds is 3. The van der Waals surface area contributed by atoms with Gasteiger partial charge in [-0.3, -0.25) is 0 Å². The molecule has 4 nitrogen and oxygen atoms in total. The average Bonchev–Trinajstić information content (AvgIpc) is 2.98. The molecule has 19 heavy (non-hydrogen) atoms. The molecule has 0 aromatic heterocycles. The van der Waals surface area contributed by atoms with Crippen LogP contribution >= 0.6 is 0 Å². The lowest BCUT2D eigenvalue weighted by Gasteiger charge is -2.20. The van der Waals surface area contributed by atoms with Gasteiger partial charge in [0.2, 0.25) is 0 Å². The van der Waals surface area contributed by atoms with Crippen molar-refractivity contribution < 1.29 is 4.74 Å². The van der Waals surface area contributed by atoms with Crippen molar-refractivity contribution >= 4 is 11.8 Å². The van der Waals surface area contributed by atoms with Crippen LogP contribution in [0.1, 0.15) is 18.4 Å². The van der Waals surface area contributed by atoms with Crippen molar-refractivity contribution in [3.8, 4) is 17.9 Å². The van der Waals surface area contributed by atoms with Gasteiger partial charge in [-0.05, 0) is 36.6 Å². The van der Waals surface area contributed by atoms with Crippen LogP contribution in [-0.2, 0) is 0 Å². The SMILES string of the molecule is COc1cc(C=C(C#N)C#N)ccc1N1CCCC1. The second-order valence-corrected chi connectivity index (χ2v) is 4.41. The maximum atomic E-state index is 8.76. The first kappa shape index (κ1) is 13.0. The molecular formula is C15H15N3O. The molecule has 0 atom stereocenters. The second-order valence-electron chi connectivity index (χ2n) is 4.41. The highest BCUT2D eigenvalue weighted by Crippen LogP contribution is 2.32. The Morgan fingerprint density at radius 3 is 2.53 bits per heavy atom. The second kappa shape index (κ2) is 5.93. The third-order valence-corrected chi connectivity index (χ3v) is 3.20. The molecular weight excluding hydrogens is 238 g/mol. The third kappa shape index (κ3) is 2.86. The van der Waals surface area contributed by atoms with Crippen LogP contribution in [0.4, 0.5) is 5.69 Å². The molecule has 96 valence electrons. The number of hydrogen-bond donors (Lipinski definition) is 0. The summed E-state index contributed by atoms with van der Waals surface area (Å²) < 4.78 is 5.41. The molecule has 0 saturated carbocycles. The summed E-state index contributed by atoms with van der Waals surface area (Å²) in [4.78, 5) is 2.29. The largest absolute Gasteiger partial charge is 0.495 e. The zero-order valence-corrected chi connectivity index (χ0v) is 10.9. The van der Waals surface area contributed by atoms with Gasteiger partial charge >= 0.3 is 0 Å². The highest BCUT2D eigenvalue weighted by molar-refractivity contribution is 5.68. The van der Waals surface area contributed by atoms with Crippen molar-refractivity contribution in [2.45, 2.75) is 12.8 Å². The van der Waals surface area contributed by atoms with Crippen molar-refractivity contribution in [2.75, 3.05) is 25.1 Å². The van der Waals surface area contributed by atoms with Crippen LogP contribution in [0.3, 0.4) is 0 Å². The number of allylic oxidation sites excluding steroid dienone is 1. The standard InChI is InChI=1S/C15H15N3O/c1-19-15-9-12(8-13(10-16)11-17)4-5-14(15)18-6-2-3-7-18/h4-5,8-9H,2-3,6-7H2,1H3. The van der Waals surface area contributed by atoms with Crippen LogP contribution in [0.25, 0.3) is 6.08 Å². The predicted octanol–water partition coefficient (Wildman–Crippen LogP) is 2.73. The fourth-order valence-electron chi connectivity index (χ4n) is 2.26. The Kier molecular flexibility index (Phi) is 4.05. The Hall–Kier alpha value is -2.46. The maximum Gasteiger partial charge on any atom is 0.142 e. The lowest BCUT2D eigenvalue weighted by Crippen LogP contribution is -2.18. The molecule has 2 rings (SSSR count). The molecule has 0 bridgehead atoms. The van der Waals surface area contributed by atoms with Gasteiger partial charge in [0.1, 0.15) is 23.5 Å². The van der Waals surface area contributed by atoms with Gasteiger partial charge in [0.05, 0.1) is 12.8 Å². The summed E-state index contributed by atoms with van der Waals surface area (Å²) in [6.45, 7) is 2.10. The van der Waals surface area contributed by atoms with E-state index < -0.39 is 0 Å². The van der Waals surface area contributed by atoms with E-state index in [4.69, 9.17) is 15.3 Å². The summed E-state index contributed by atoms with van der Waals surface area (Å²) in [6.07, 6.45) is 3.98. The van der Waals surface area contributed by atoms with Gasteiger partial charge in [0.15, 0.2) is 0 Å². The van der Waals surface area contributed by atoms with Gasteiger partial charge in [0, 0.05) is 13.1 Å². The van der Waals surface area contributed by atoms with Gasteiger partial charge in [0.25, 0.3) is 0 Å². The summed E-state index contributed by atoms with van der Waals surface area (Å²) in [6, 6.07) is 9.47. The van der Waals surface area contributed by atoms with E-state index in [1.165, 1.54) is 12.8 Å². The number of benzene rings is 1. The van der Waals surface area contributed by atoms with Crippen LogP contribution in [0.5, 0.6) is 5.75 Å². The van der Waals surface area contributed by atoms with Crippen molar-refractivity contribution in [3.05, 3.63) is 29.3 Å². The van der Waals surface area contributed by atoms with Crippen LogP contribution in [-0.4, -0.2) is 20.2 Å². The molecule has 1 aromatic rings. The van der Waals surface area contributed by atoms with Crippen molar-refractivity contribution in [1.82, 2.24) is 0 Å². The van der Waals surface area contributed by atoms with Crippen LogP contribution in [0.15, 0.2) is 23.8 Å². The molecule has 1 aromatic carbocycles. The molecule has 1 aliphatic rings. The molecule has 1 heterocycles. The number of methoxy groups -OCH3 is 1. The van der Waals surface area contributed by atoms with Crippen molar-refractivity contribution in [2.24, 2.45) is 0 Å². The van der Waals surface area contributed by atoms with E-state index in [-0.39, 0.29) is 5.57 Å². The van der Waals surface area contributed by atoms with E-state index in [9.17, 15) is 0 Å². The van der Waals surface area contributed by atoms with Crippen molar-refractivity contribution in [3.63, 3.8) is 0 Å². The van der Waals surface area contributed by atoms with Crippen LogP contribution < -0.4 is 9.64 Å². The molecule has 1 aliphatic heterocycles. The van der Waals surface area contributed by atoms with Gasteiger partial charge in [-0.25, -0.2) is 0 Å². The molecule has 1 fully saturated rings. The lowest BCUT2D eigenvalue weighted by atomic mass is 10.1. The quantitative estimate of drug-likeness (QED) is 0.777. The highest BCUT2D eigenvalue weighted by Gasteiger charge is 2.16.